The third-order valence-corrected chi connectivity index (χ3v) is 5.39. The first-order valence-electron chi connectivity index (χ1n) is 10.1. The Balaban J connectivity index is 1.49. The summed E-state index contributed by atoms with van der Waals surface area (Å²) in [7, 11) is 1.23. The maximum atomic E-state index is 12.8. The molecule has 0 atom stereocenters. The van der Waals surface area contributed by atoms with E-state index in [1.165, 1.54) is 44.8 Å². The number of rotatable bonds is 7. The SMILES string of the molecule is COc1cc(C(F)(F)F)ccc1C(=O)NCCOc1ccc(C2CCCCC2)cc1. The van der Waals surface area contributed by atoms with Crippen molar-refractivity contribution in [2.45, 2.75) is 44.2 Å². The molecular weight excluding hydrogens is 395 g/mol. The van der Waals surface area contributed by atoms with Gasteiger partial charge in [0.2, 0.25) is 0 Å². The Hall–Kier alpha value is -2.70. The molecule has 1 aliphatic carbocycles. The lowest BCUT2D eigenvalue weighted by molar-refractivity contribution is -0.137. The van der Waals surface area contributed by atoms with Gasteiger partial charge in [-0.25, -0.2) is 0 Å². The third kappa shape index (κ3) is 5.68. The summed E-state index contributed by atoms with van der Waals surface area (Å²) >= 11 is 0. The van der Waals surface area contributed by atoms with Crippen molar-refractivity contribution in [3.63, 3.8) is 0 Å². The summed E-state index contributed by atoms with van der Waals surface area (Å²) in [4.78, 5) is 12.3. The largest absolute Gasteiger partial charge is 0.496 e. The number of alkyl halides is 3. The first-order valence-corrected chi connectivity index (χ1v) is 10.1. The number of carbonyl (C=O) groups is 1. The Morgan fingerprint density at radius 1 is 1.07 bits per heavy atom. The molecule has 162 valence electrons. The molecule has 0 saturated heterocycles. The van der Waals surface area contributed by atoms with Crippen LogP contribution in [0.2, 0.25) is 0 Å². The number of amides is 1. The van der Waals surface area contributed by atoms with Gasteiger partial charge in [0.05, 0.1) is 24.8 Å². The van der Waals surface area contributed by atoms with Crippen LogP contribution in [0.15, 0.2) is 42.5 Å². The van der Waals surface area contributed by atoms with Crippen LogP contribution in [0.3, 0.4) is 0 Å². The van der Waals surface area contributed by atoms with Gasteiger partial charge in [0.15, 0.2) is 0 Å². The van der Waals surface area contributed by atoms with Gasteiger partial charge < -0.3 is 14.8 Å². The van der Waals surface area contributed by atoms with Gasteiger partial charge in [0.25, 0.3) is 5.91 Å². The summed E-state index contributed by atoms with van der Waals surface area (Å²) in [5.74, 6) is 0.708. The minimum atomic E-state index is -4.50. The molecule has 0 bridgehead atoms. The molecule has 1 saturated carbocycles. The van der Waals surface area contributed by atoms with Crippen molar-refractivity contribution in [2.24, 2.45) is 0 Å². The monoisotopic (exact) mass is 421 g/mol. The van der Waals surface area contributed by atoms with Crippen LogP contribution in [0.5, 0.6) is 11.5 Å². The Bertz CT molecular complexity index is 844. The molecule has 1 N–H and O–H groups in total. The lowest BCUT2D eigenvalue weighted by Gasteiger charge is -2.22. The van der Waals surface area contributed by atoms with Crippen molar-refractivity contribution in [1.29, 1.82) is 0 Å². The van der Waals surface area contributed by atoms with Gasteiger partial charge in [-0.2, -0.15) is 13.2 Å². The van der Waals surface area contributed by atoms with E-state index >= 15 is 0 Å². The van der Waals surface area contributed by atoms with Crippen LogP contribution >= 0.6 is 0 Å². The van der Waals surface area contributed by atoms with Gasteiger partial charge in [0.1, 0.15) is 18.1 Å². The second-order valence-electron chi connectivity index (χ2n) is 7.42. The van der Waals surface area contributed by atoms with Crippen LogP contribution in [0.1, 0.15) is 59.5 Å². The second-order valence-corrected chi connectivity index (χ2v) is 7.42. The summed E-state index contributed by atoms with van der Waals surface area (Å²) < 4.78 is 49.0. The van der Waals surface area contributed by atoms with E-state index in [-0.39, 0.29) is 24.5 Å². The highest BCUT2D eigenvalue weighted by Crippen LogP contribution is 2.34. The Kier molecular flexibility index (Phi) is 7.24. The average molecular weight is 421 g/mol. The minimum Gasteiger partial charge on any atom is -0.496 e. The molecule has 1 aliphatic rings. The molecule has 1 amide bonds. The van der Waals surface area contributed by atoms with E-state index in [0.717, 1.165) is 23.9 Å². The fourth-order valence-corrected chi connectivity index (χ4v) is 3.76. The zero-order chi connectivity index (χ0) is 21.6. The van der Waals surface area contributed by atoms with Gasteiger partial charge in [-0.05, 0) is 54.7 Å². The summed E-state index contributed by atoms with van der Waals surface area (Å²) in [6, 6.07) is 10.9. The zero-order valence-electron chi connectivity index (χ0n) is 16.9. The Morgan fingerprint density at radius 2 is 1.77 bits per heavy atom. The molecule has 4 nitrogen and oxygen atoms in total. The molecular formula is C23H26F3NO3. The van der Waals surface area contributed by atoms with Gasteiger partial charge in [-0.15, -0.1) is 0 Å². The number of ether oxygens (including phenoxy) is 2. The molecule has 2 aromatic carbocycles. The smallest absolute Gasteiger partial charge is 0.416 e. The maximum absolute atomic E-state index is 12.8. The van der Waals surface area contributed by atoms with Crippen molar-refractivity contribution in [1.82, 2.24) is 5.32 Å². The van der Waals surface area contributed by atoms with E-state index in [9.17, 15) is 18.0 Å². The highest BCUT2D eigenvalue weighted by atomic mass is 19.4. The quantitative estimate of drug-likeness (QED) is 0.595. The second kappa shape index (κ2) is 9.87. The van der Waals surface area contributed by atoms with Crippen LogP contribution in [0.25, 0.3) is 0 Å². The van der Waals surface area contributed by atoms with Crippen LogP contribution < -0.4 is 14.8 Å². The fraction of sp³-hybridized carbons (Fsp3) is 0.435. The lowest BCUT2D eigenvalue weighted by atomic mass is 9.84. The number of hydrogen-bond donors (Lipinski definition) is 1. The van der Waals surface area contributed by atoms with Crippen molar-refractivity contribution in [2.75, 3.05) is 20.3 Å². The van der Waals surface area contributed by atoms with Gasteiger partial charge >= 0.3 is 6.18 Å². The first-order chi connectivity index (χ1) is 14.4. The predicted octanol–water partition coefficient (Wildman–Crippen LogP) is 5.57. The molecule has 0 aliphatic heterocycles. The van der Waals surface area contributed by atoms with E-state index in [1.54, 1.807) is 0 Å². The van der Waals surface area contributed by atoms with E-state index in [4.69, 9.17) is 9.47 Å². The summed E-state index contributed by atoms with van der Waals surface area (Å²) in [6.07, 6.45) is 1.86. The van der Waals surface area contributed by atoms with Crippen LogP contribution in [-0.2, 0) is 6.18 Å². The fourth-order valence-electron chi connectivity index (χ4n) is 3.76. The van der Waals surface area contributed by atoms with Gasteiger partial charge in [-0.3, -0.25) is 4.79 Å². The van der Waals surface area contributed by atoms with Crippen molar-refractivity contribution in [3.8, 4) is 11.5 Å². The highest BCUT2D eigenvalue weighted by Gasteiger charge is 2.31. The number of nitrogens with one attached hydrogen (secondary N) is 1. The van der Waals surface area contributed by atoms with E-state index in [2.05, 4.69) is 17.4 Å². The standard InChI is InChI=1S/C23H26F3NO3/c1-29-21-15-18(23(24,25)26)9-12-20(21)22(28)27-13-14-30-19-10-7-17(8-11-19)16-5-3-2-4-6-16/h7-12,15-16H,2-6,13-14H2,1H3,(H,27,28). The molecule has 2 aromatic rings. The maximum Gasteiger partial charge on any atom is 0.416 e. The van der Waals surface area contributed by atoms with Crippen molar-refractivity contribution in [3.05, 3.63) is 59.2 Å². The number of hydrogen-bond acceptors (Lipinski definition) is 3. The lowest BCUT2D eigenvalue weighted by Crippen LogP contribution is -2.28. The third-order valence-electron chi connectivity index (χ3n) is 5.39. The molecule has 3 rings (SSSR count). The van der Waals surface area contributed by atoms with Crippen LogP contribution in [-0.4, -0.2) is 26.2 Å². The van der Waals surface area contributed by atoms with Crippen LogP contribution in [0.4, 0.5) is 13.2 Å². The zero-order valence-corrected chi connectivity index (χ0v) is 16.9. The summed E-state index contributed by atoms with van der Waals surface area (Å²) in [6.45, 7) is 0.463. The molecule has 1 fully saturated rings. The van der Waals surface area contributed by atoms with Crippen molar-refractivity contribution >= 4 is 5.91 Å². The minimum absolute atomic E-state index is 0.0438. The van der Waals surface area contributed by atoms with Crippen molar-refractivity contribution < 1.29 is 27.4 Å². The summed E-state index contributed by atoms with van der Waals surface area (Å²) in [5.41, 5.74) is 0.517. The molecule has 0 heterocycles. The Morgan fingerprint density at radius 3 is 2.40 bits per heavy atom. The van der Waals surface area contributed by atoms with E-state index in [0.29, 0.717) is 5.92 Å². The molecule has 0 aromatic heterocycles. The molecule has 7 heteroatoms. The van der Waals surface area contributed by atoms with E-state index in [1.807, 2.05) is 12.1 Å². The summed E-state index contributed by atoms with van der Waals surface area (Å²) in [5, 5.41) is 2.64. The average Bonchev–Trinajstić information content (AvgIpc) is 2.76. The number of halogens is 3. The molecule has 0 spiro atoms. The van der Waals surface area contributed by atoms with Gasteiger partial charge in [-0.1, -0.05) is 31.4 Å². The molecule has 0 radical (unpaired) electrons. The van der Waals surface area contributed by atoms with Crippen LogP contribution in [0, 0.1) is 0 Å². The number of benzene rings is 2. The normalized spacial score (nSPS) is 14.9. The van der Waals surface area contributed by atoms with Gasteiger partial charge in [0, 0.05) is 0 Å². The highest BCUT2D eigenvalue weighted by molar-refractivity contribution is 5.97. The first kappa shape index (κ1) is 22.0. The Labute approximate surface area is 174 Å². The molecule has 0 unspecified atom stereocenters. The number of methoxy groups -OCH3 is 1. The van der Waals surface area contributed by atoms with E-state index < -0.39 is 17.6 Å². The topological polar surface area (TPSA) is 47.6 Å². The molecule has 30 heavy (non-hydrogen) atoms. The predicted molar refractivity (Wildman–Crippen MR) is 108 cm³/mol. The number of carbonyl (C=O) groups excluding carboxylic acids is 1.